The minimum atomic E-state index is -0.0833. The molecule has 0 saturated heterocycles. The SMILES string of the molecule is CCCc1cc(=O)[nH]c(SC2Cc3ccccc3C2N)n1. The van der Waals surface area contributed by atoms with Crippen LogP contribution in [0.5, 0.6) is 0 Å². The summed E-state index contributed by atoms with van der Waals surface area (Å²) in [4.78, 5) is 19.1. The van der Waals surface area contributed by atoms with Crippen molar-refractivity contribution in [3.63, 3.8) is 0 Å². The fourth-order valence-corrected chi connectivity index (χ4v) is 3.94. The van der Waals surface area contributed by atoms with E-state index in [-0.39, 0.29) is 16.9 Å². The minimum Gasteiger partial charge on any atom is -0.323 e. The number of fused-ring (bicyclic) bond motifs is 1. The lowest BCUT2D eigenvalue weighted by molar-refractivity contribution is 0.724. The topological polar surface area (TPSA) is 71.8 Å². The Labute approximate surface area is 128 Å². The van der Waals surface area contributed by atoms with Crippen LogP contribution in [0.3, 0.4) is 0 Å². The predicted molar refractivity (Wildman–Crippen MR) is 85.6 cm³/mol. The third-order valence-electron chi connectivity index (χ3n) is 3.78. The zero-order valence-electron chi connectivity index (χ0n) is 12.0. The number of aromatic nitrogens is 2. The number of hydrogen-bond acceptors (Lipinski definition) is 4. The minimum absolute atomic E-state index is 0.00802. The lowest BCUT2D eigenvalue weighted by atomic mass is 10.1. The van der Waals surface area contributed by atoms with Crippen LogP contribution in [0, 0.1) is 0 Å². The highest BCUT2D eigenvalue weighted by Gasteiger charge is 2.30. The Morgan fingerprint density at radius 1 is 1.43 bits per heavy atom. The van der Waals surface area contributed by atoms with E-state index in [1.165, 1.54) is 11.1 Å². The number of aryl methyl sites for hydroxylation is 1. The zero-order valence-corrected chi connectivity index (χ0v) is 12.8. The largest absolute Gasteiger partial charge is 0.323 e. The van der Waals surface area contributed by atoms with Crippen molar-refractivity contribution in [1.29, 1.82) is 0 Å². The molecular weight excluding hydrogens is 282 g/mol. The Kier molecular flexibility index (Phi) is 4.12. The summed E-state index contributed by atoms with van der Waals surface area (Å²) in [5.41, 5.74) is 9.61. The van der Waals surface area contributed by atoms with Crippen molar-refractivity contribution in [3.05, 3.63) is 57.5 Å². The van der Waals surface area contributed by atoms with Gasteiger partial charge in [0.05, 0.1) is 0 Å². The number of nitrogens with one attached hydrogen (secondary N) is 1. The quantitative estimate of drug-likeness (QED) is 0.851. The summed E-state index contributed by atoms with van der Waals surface area (Å²) in [6.07, 6.45) is 2.73. The Morgan fingerprint density at radius 3 is 3.00 bits per heavy atom. The number of nitrogens with zero attached hydrogens (tertiary/aromatic N) is 1. The van der Waals surface area contributed by atoms with Crippen LogP contribution in [0.4, 0.5) is 0 Å². The van der Waals surface area contributed by atoms with Gasteiger partial charge in [-0.15, -0.1) is 0 Å². The summed E-state index contributed by atoms with van der Waals surface area (Å²) in [6.45, 7) is 2.08. The lowest BCUT2D eigenvalue weighted by Crippen LogP contribution is -2.20. The van der Waals surface area contributed by atoms with E-state index in [1.54, 1.807) is 17.8 Å². The first-order valence-electron chi connectivity index (χ1n) is 7.27. The summed E-state index contributed by atoms with van der Waals surface area (Å²) in [5, 5.41) is 0.904. The second-order valence-electron chi connectivity index (χ2n) is 5.38. The first-order chi connectivity index (χ1) is 10.2. The number of H-pyrrole nitrogens is 1. The average Bonchev–Trinajstić information content (AvgIpc) is 2.76. The van der Waals surface area contributed by atoms with Crippen LogP contribution in [0.25, 0.3) is 0 Å². The van der Waals surface area contributed by atoms with E-state index in [1.807, 2.05) is 12.1 Å². The van der Waals surface area contributed by atoms with Crippen molar-refractivity contribution in [2.45, 2.75) is 42.6 Å². The maximum Gasteiger partial charge on any atom is 0.251 e. The van der Waals surface area contributed by atoms with E-state index in [4.69, 9.17) is 5.73 Å². The van der Waals surface area contributed by atoms with Gasteiger partial charge < -0.3 is 10.7 Å². The monoisotopic (exact) mass is 301 g/mol. The van der Waals surface area contributed by atoms with E-state index in [9.17, 15) is 4.79 Å². The number of rotatable bonds is 4. The van der Waals surface area contributed by atoms with Gasteiger partial charge >= 0.3 is 0 Å². The molecule has 110 valence electrons. The molecule has 5 heteroatoms. The Hall–Kier alpha value is -1.59. The molecule has 0 aliphatic heterocycles. The van der Waals surface area contributed by atoms with E-state index >= 15 is 0 Å². The van der Waals surface area contributed by atoms with Crippen molar-refractivity contribution in [3.8, 4) is 0 Å². The molecule has 1 aliphatic rings. The van der Waals surface area contributed by atoms with Gasteiger partial charge in [-0.25, -0.2) is 4.98 Å². The molecule has 0 bridgehead atoms. The predicted octanol–water partition coefficient (Wildman–Crippen LogP) is 2.44. The molecule has 0 saturated carbocycles. The zero-order chi connectivity index (χ0) is 14.8. The Bertz CT molecular complexity index is 698. The Morgan fingerprint density at radius 2 is 2.24 bits per heavy atom. The third-order valence-corrected chi connectivity index (χ3v) is 4.96. The molecule has 1 heterocycles. The first-order valence-corrected chi connectivity index (χ1v) is 8.15. The van der Waals surface area contributed by atoms with E-state index in [0.29, 0.717) is 5.16 Å². The molecule has 2 unspecified atom stereocenters. The van der Waals surface area contributed by atoms with Gasteiger partial charge in [0, 0.05) is 23.1 Å². The number of nitrogens with two attached hydrogens (primary N) is 1. The van der Waals surface area contributed by atoms with Crippen LogP contribution in [0.15, 0.2) is 40.3 Å². The average molecular weight is 301 g/mol. The lowest BCUT2D eigenvalue weighted by Gasteiger charge is -2.15. The van der Waals surface area contributed by atoms with E-state index in [0.717, 1.165) is 25.0 Å². The first kappa shape index (κ1) is 14.4. The van der Waals surface area contributed by atoms with Gasteiger partial charge in [-0.3, -0.25) is 4.79 Å². The molecule has 3 N–H and O–H groups in total. The maximum atomic E-state index is 11.7. The van der Waals surface area contributed by atoms with Crippen molar-refractivity contribution in [2.24, 2.45) is 5.73 Å². The summed E-state index contributed by atoms with van der Waals surface area (Å²) >= 11 is 1.58. The van der Waals surface area contributed by atoms with E-state index < -0.39 is 0 Å². The molecule has 4 nitrogen and oxygen atoms in total. The third kappa shape index (κ3) is 3.04. The standard InChI is InChI=1S/C16H19N3OS/c1-2-5-11-9-14(20)19-16(18-11)21-13-8-10-6-3-4-7-12(10)15(13)17/h3-4,6-7,9,13,15H,2,5,8,17H2,1H3,(H,18,19,20). The van der Waals surface area contributed by atoms with Gasteiger partial charge in [-0.1, -0.05) is 49.4 Å². The van der Waals surface area contributed by atoms with Crippen LogP contribution in [0.1, 0.15) is 36.2 Å². The molecule has 0 fully saturated rings. The highest BCUT2D eigenvalue weighted by molar-refractivity contribution is 7.99. The summed E-state index contributed by atoms with van der Waals surface area (Å²) in [5.74, 6) is 0. The fraction of sp³-hybridized carbons (Fsp3) is 0.375. The van der Waals surface area contributed by atoms with Gasteiger partial charge in [-0.2, -0.15) is 0 Å². The van der Waals surface area contributed by atoms with Crippen LogP contribution in [-0.2, 0) is 12.8 Å². The van der Waals surface area contributed by atoms with Gasteiger partial charge in [0.2, 0.25) is 0 Å². The molecule has 1 aliphatic carbocycles. The molecule has 0 spiro atoms. The second-order valence-corrected chi connectivity index (χ2v) is 6.60. The van der Waals surface area contributed by atoms with Crippen LogP contribution in [-0.4, -0.2) is 15.2 Å². The number of hydrogen-bond donors (Lipinski definition) is 2. The molecular formula is C16H19N3OS. The number of thioether (sulfide) groups is 1. The highest BCUT2D eigenvalue weighted by atomic mass is 32.2. The molecule has 0 radical (unpaired) electrons. The van der Waals surface area contributed by atoms with E-state index in [2.05, 4.69) is 29.0 Å². The molecule has 2 atom stereocenters. The highest BCUT2D eigenvalue weighted by Crippen LogP contribution is 2.38. The second kappa shape index (κ2) is 6.03. The molecule has 1 aromatic carbocycles. The Balaban J connectivity index is 1.81. The summed E-state index contributed by atoms with van der Waals surface area (Å²) in [6, 6.07) is 9.85. The van der Waals surface area contributed by atoms with Crippen LogP contribution < -0.4 is 11.3 Å². The van der Waals surface area contributed by atoms with Gasteiger partial charge in [-0.05, 0) is 24.0 Å². The smallest absolute Gasteiger partial charge is 0.251 e. The van der Waals surface area contributed by atoms with Gasteiger partial charge in [0.1, 0.15) is 0 Å². The van der Waals surface area contributed by atoms with Crippen molar-refractivity contribution < 1.29 is 0 Å². The number of benzene rings is 1. The summed E-state index contributed by atoms with van der Waals surface area (Å²) < 4.78 is 0. The molecule has 1 aromatic heterocycles. The van der Waals surface area contributed by atoms with Crippen molar-refractivity contribution >= 4 is 11.8 Å². The van der Waals surface area contributed by atoms with Crippen LogP contribution >= 0.6 is 11.8 Å². The van der Waals surface area contributed by atoms with Gasteiger partial charge in [0.15, 0.2) is 5.16 Å². The fourth-order valence-electron chi connectivity index (χ4n) is 2.77. The van der Waals surface area contributed by atoms with Gasteiger partial charge in [0.25, 0.3) is 5.56 Å². The molecule has 21 heavy (non-hydrogen) atoms. The van der Waals surface area contributed by atoms with Crippen molar-refractivity contribution in [1.82, 2.24) is 9.97 Å². The molecule has 0 amide bonds. The maximum absolute atomic E-state index is 11.7. The molecule has 3 rings (SSSR count). The number of aromatic amines is 1. The molecule has 2 aromatic rings. The van der Waals surface area contributed by atoms with Crippen molar-refractivity contribution in [2.75, 3.05) is 0 Å². The normalized spacial score (nSPS) is 20.5. The van der Waals surface area contributed by atoms with Crippen LogP contribution in [0.2, 0.25) is 0 Å². The summed E-state index contributed by atoms with van der Waals surface area (Å²) in [7, 11) is 0.